The molecule has 0 aliphatic rings. The number of carbonyl (C=O) groups is 1. The zero-order valence-electron chi connectivity index (χ0n) is 16.9. The van der Waals surface area contributed by atoms with E-state index in [-0.39, 0.29) is 17.9 Å². The van der Waals surface area contributed by atoms with Crippen LogP contribution in [0.3, 0.4) is 0 Å². The van der Waals surface area contributed by atoms with Crippen LogP contribution in [0, 0.1) is 6.92 Å². The second-order valence-electron chi connectivity index (χ2n) is 7.40. The van der Waals surface area contributed by atoms with Crippen molar-refractivity contribution in [2.45, 2.75) is 45.8 Å². The third-order valence-corrected chi connectivity index (χ3v) is 5.19. The predicted octanol–water partition coefficient (Wildman–Crippen LogP) is 5.67. The van der Waals surface area contributed by atoms with Gasteiger partial charge in [-0.2, -0.15) is 0 Å². The van der Waals surface area contributed by atoms with Crippen LogP contribution in [0.15, 0.2) is 79.0 Å². The van der Waals surface area contributed by atoms with Crippen LogP contribution in [0.2, 0.25) is 0 Å². The molecule has 0 spiro atoms. The molecule has 144 valence electrons. The van der Waals surface area contributed by atoms with Gasteiger partial charge in [-0.05, 0) is 43.5 Å². The van der Waals surface area contributed by atoms with Gasteiger partial charge in [-0.1, -0.05) is 66.7 Å². The molecular formula is C25H28N2O. The maximum atomic E-state index is 12.2. The van der Waals surface area contributed by atoms with E-state index in [1.807, 2.05) is 31.3 Å². The quantitative estimate of drug-likeness (QED) is 0.510. The van der Waals surface area contributed by atoms with Crippen LogP contribution in [-0.2, 0) is 11.3 Å². The number of carbonyl (C=O) groups excluding carboxylic acids is 1. The summed E-state index contributed by atoms with van der Waals surface area (Å²) in [5.74, 6) is 0.184. The number of rotatable bonds is 8. The summed E-state index contributed by atoms with van der Waals surface area (Å²) in [6.45, 7) is 6.64. The summed E-state index contributed by atoms with van der Waals surface area (Å²) in [6, 6.07) is 25.2. The normalized spacial score (nSPS) is 13.3. The lowest BCUT2D eigenvalue weighted by molar-refractivity contribution is -0.118. The highest BCUT2D eigenvalue weighted by Gasteiger charge is 2.27. The molecule has 0 amide bonds. The van der Waals surface area contributed by atoms with Crippen LogP contribution in [-0.4, -0.2) is 15.7 Å². The molecule has 0 aliphatic carbocycles. The highest BCUT2D eigenvalue weighted by atomic mass is 16.1. The zero-order chi connectivity index (χ0) is 19.9. The van der Waals surface area contributed by atoms with E-state index in [0.29, 0.717) is 6.42 Å². The largest absolute Gasteiger partial charge is 0.300 e. The number of pyridine rings is 1. The van der Waals surface area contributed by atoms with E-state index in [1.54, 1.807) is 6.92 Å². The molecule has 1 aromatic heterocycles. The second-order valence-corrected chi connectivity index (χ2v) is 7.40. The minimum atomic E-state index is -0.0268. The maximum Gasteiger partial charge on any atom is 0.131 e. The molecule has 0 N–H and O–H groups in total. The van der Waals surface area contributed by atoms with Crippen molar-refractivity contribution in [3.8, 4) is 0 Å². The van der Waals surface area contributed by atoms with Crippen molar-refractivity contribution in [2.24, 2.45) is 0 Å². The monoisotopic (exact) mass is 372 g/mol. The summed E-state index contributed by atoms with van der Waals surface area (Å²) in [5, 5.41) is 0. The second kappa shape index (κ2) is 9.43. The number of aromatic nitrogens is 1. The third kappa shape index (κ3) is 5.14. The smallest absolute Gasteiger partial charge is 0.131 e. The first-order chi connectivity index (χ1) is 13.5. The molecule has 0 radical (unpaired) electrons. The maximum absolute atomic E-state index is 12.2. The van der Waals surface area contributed by atoms with E-state index >= 15 is 0 Å². The van der Waals surface area contributed by atoms with Gasteiger partial charge in [-0.25, -0.2) is 0 Å². The van der Waals surface area contributed by atoms with Crippen LogP contribution in [0.1, 0.15) is 54.7 Å². The minimum absolute atomic E-state index is 0.0268. The van der Waals surface area contributed by atoms with E-state index < -0.39 is 0 Å². The standard InChI is InChI=1S/C25H28N2O/c1-19-14-15-24(17-26-19)25(16-20(2)28)27(18-22-10-6-4-7-11-22)21(3)23-12-8-5-9-13-23/h4-15,17,21,25H,16,18H2,1-3H3/t21-,25+/m0/s1. The number of aryl methyl sites for hydroxylation is 1. The Hall–Kier alpha value is -2.78. The summed E-state index contributed by atoms with van der Waals surface area (Å²) in [5.41, 5.74) is 4.54. The molecule has 0 bridgehead atoms. The van der Waals surface area contributed by atoms with E-state index in [1.165, 1.54) is 11.1 Å². The Morgan fingerprint density at radius 3 is 2.14 bits per heavy atom. The Kier molecular flexibility index (Phi) is 6.72. The molecular weight excluding hydrogens is 344 g/mol. The number of ketones is 1. The molecule has 2 aromatic carbocycles. The van der Waals surface area contributed by atoms with Crippen LogP contribution in [0.5, 0.6) is 0 Å². The minimum Gasteiger partial charge on any atom is -0.300 e. The third-order valence-electron chi connectivity index (χ3n) is 5.19. The Labute approximate surface area is 168 Å². The Balaban J connectivity index is 2.02. The van der Waals surface area contributed by atoms with Crippen molar-refractivity contribution in [1.29, 1.82) is 0 Å². The van der Waals surface area contributed by atoms with E-state index in [0.717, 1.165) is 17.8 Å². The number of hydrogen-bond acceptors (Lipinski definition) is 3. The van der Waals surface area contributed by atoms with Gasteiger partial charge >= 0.3 is 0 Å². The van der Waals surface area contributed by atoms with Gasteiger partial charge in [0.25, 0.3) is 0 Å². The average Bonchev–Trinajstić information content (AvgIpc) is 2.72. The van der Waals surface area contributed by atoms with E-state index in [2.05, 4.69) is 71.4 Å². The van der Waals surface area contributed by atoms with Crippen molar-refractivity contribution in [2.75, 3.05) is 0 Å². The SMILES string of the molecule is CC(=O)C[C@H](c1ccc(C)nc1)N(Cc1ccccc1)[C@@H](C)c1ccccc1. The first-order valence-corrected chi connectivity index (χ1v) is 9.81. The van der Waals surface area contributed by atoms with Crippen molar-refractivity contribution in [1.82, 2.24) is 9.88 Å². The lowest BCUT2D eigenvalue weighted by Crippen LogP contribution is -2.32. The van der Waals surface area contributed by atoms with E-state index in [4.69, 9.17) is 0 Å². The molecule has 0 saturated heterocycles. The molecule has 0 fully saturated rings. The van der Waals surface area contributed by atoms with E-state index in [9.17, 15) is 4.79 Å². The predicted molar refractivity (Wildman–Crippen MR) is 114 cm³/mol. The van der Waals surface area contributed by atoms with Gasteiger partial charge in [0, 0.05) is 36.9 Å². The van der Waals surface area contributed by atoms with Gasteiger partial charge in [-0.3, -0.25) is 14.7 Å². The van der Waals surface area contributed by atoms with Crippen LogP contribution in [0.4, 0.5) is 0 Å². The van der Waals surface area contributed by atoms with Crippen LogP contribution < -0.4 is 0 Å². The Morgan fingerprint density at radius 1 is 0.929 bits per heavy atom. The number of hydrogen-bond donors (Lipinski definition) is 0. The number of Topliss-reactive ketones (excluding diaryl/α,β-unsaturated/α-hetero) is 1. The van der Waals surface area contributed by atoms with Crippen molar-refractivity contribution >= 4 is 5.78 Å². The summed E-state index contributed by atoms with van der Waals surface area (Å²) < 4.78 is 0. The molecule has 3 nitrogen and oxygen atoms in total. The molecule has 0 aliphatic heterocycles. The van der Waals surface area contributed by atoms with Gasteiger partial charge in [-0.15, -0.1) is 0 Å². The molecule has 3 aromatic rings. The van der Waals surface area contributed by atoms with Crippen molar-refractivity contribution < 1.29 is 4.79 Å². The number of nitrogens with zero attached hydrogens (tertiary/aromatic N) is 2. The molecule has 2 atom stereocenters. The molecule has 3 rings (SSSR count). The van der Waals surface area contributed by atoms with Gasteiger partial charge in [0.1, 0.15) is 5.78 Å². The lowest BCUT2D eigenvalue weighted by atomic mass is 9.96. The highest BCUT2D eigenvalue weighted by Crippen LogP contribution is 2.34. The topological polar surface area (TPSA) is 33.2 Å². The van der Waals surface area contributed by atoms with Crippen LogP contribution in [0.25, 0.3) is 0 Å². The lowest BCUT2D eigenvalue weighted by Gasteiger charge is -2.37. The summed E-state index contributed by atoms with van der Waals surface area (Å²) in [6.07, 6.45) is 2.38. The number of benzene rings is 2. The molecule has 28 heavy (non-hydrogen) atoms. The zero-order valence-corrected chi connectivity index (χ0v) is 16.9. The molecule has 0 saturated carbocycles. The molecule has 3 heteroatoms. The summed E-state index contributed by atoms with van der Waals surface area (Å²) in [7, 11) is 0. The summed E-state index contributed by atoms with van der Waals surface area (Å²) in [4.78, 5) is 19.1. The first-order valence-electron chi connectivity index (χ1n) is 9.81. The van der Waals surface area contributed by atoms with Crippen molar-refractivity contribution in [3.05, 3.63) is 101 Å². The Morgan fingerprint density at radius 2 is 1.57 bits per heavy atom. The van der Waals surface area contributed by atoms with Crippen LogP contribution >= 0.6 is 0 Å². The molecule has 1 heterocycles. The van der Waals surface area contributed by atoms with Gasteiger partial charge in [0.05, 0.1) is 0 Å². The fourth-order valence-electron chi connectivity index (χ4n) is 3.61. The van der Waals surface area contributed by atoms with Gasteiger partial charge in [0.15, 0.2) is 0 Å². The van der Waals surface area contributed by atoms with Gasteiger partial charge < -0.3 is 0 Å². The molecule has 0 unspecified atom stereocenters. The average molecular weight is 373 g/mol. The fraction of sp³-hybridized carbons (Fsp3) is 0.280. The summed E-state index contributed by atoms with van der Waals surface area (Å²) >= 11 is 0. The Bertz CT molecular complexity index is 875. The highest BCUT2D eigenvalue weighted by molar-refractivity contribution is 5.76. The van der Waals surface area contributed by atoms with Gasteiger partial charge in [0.2, 0.25) is 0 Å². The van der Waals surface area contributed by atoms with Crippen molar-refractivity contribution in [3.63, 3.8) is 0 Å². The fourth-order valence-corrected chi connectivity index (χ4v) is 3.61. The first kappa shape index (κ1) is 20.0.